The summed E-state index contributed by atoms with van der Waals surface area (Å²) in [4.78, 5) is 26.2. The lowest BCUT2D eigenvalue weighted by Crippen LogP contribution is -2.43. The lowest BCUT2D eigenvalue weighted by atomic mass is 9.95. The van der Waals surface area contributed by atoms with E-state index in [2.05, 4.69) is 34.7 Å². The van der Waals surface area contributed by atoms with E-state index >= 15 is 0 Å². The fourth-order valence-electron chi connectivity index (χ4n) is 4.12. The van der Waals surface area contributed by atoms with Crippen molar-refractivity contribution < 1.29 is 9.53 Å². The number of benzene rings is 2. The van der Waals surface area contributed by atoms with Crippen LogP contribution in [0.4, 0.5) is 0 Å². The fraction of sp³-hybridized carbons (Fsp3) is 0.400. The van der Waals surface area contributed by atoms with Crippen molar-refractivity contribution in [3.63, 3.8) is 0 Å². The zero-order valence-corrected chi connectivity index (χ0v) is 18.3. The zero-order valence-electron chi connectivity index (χ0n) is 18.3. The molecule has 0 saturated carbocycles. The standard InChI is InChI=1S/C25H29N3O3/c1-16(2)15-28-25(30)20-8-5-4-7-19(20)22(27-28)24(29)26-21-9-6-14-31-23(21)18-12-10-17(3)11-13-18/h4-5,7-8,10-13,16,21,23H,6,9,14-15H2,1-3H3,(H,26,29). The molecule has 6 nitrogen and oxygen atoms in total. The molecule has 162 valence electrons. The van der Waals surface area contributed by atoms with Gasteiger partial charge in [-0.1, -0.05) is 61.9 Å². The molecule has 4 rings (SSSR count). The summed E-state index contributed by atoms with van der Waals surface area (Å²) in [6.07, 6.45) is 1.51. The first-order chi connectivity index (χ1) is 14.9. The molecule has 1 fully saturated rings. The van der Waals surface area contributed by atoms with Crippen LogP contribution in [0.5, 0.6) is 0 Å². The third-order valence-electron chi connectivity index (χ3n) is 5.67. The molecule has 6 heteroatoms. The number of hydrogen-bond acceptors (Lipinski definition) is 4. The van der Waals surface area contributed by atoms with Crippen LogP contribution in [0.1, 0.15) is 54.4 Å². The Morgan fingerprint density at radius 1 is 1.16 bits per heavy atom. The van der Waals surface area contributed by atoms with Crippen LogP contribution < -0.4 is 10.9 Å². The van der Waals surface area contributed by atoms with Gasteiger partial charge in [-0.2, -0.15) is 5.10 Å². The van der Waals surface area contributed by atoms with E-state index in [4.69, 9.17) is 4.74 Å². The number of carbonyl (C=O) groups is 1. The Balaban J connectivity index is 1.68. The highest BCUT2D eigenvalue weighted by molar-refractivity contribution is 6.04. The number of hydrogen-bond donors (Lipinski definition) is 1. The van der Waals surface area contributed by atoms with Crippen LogP contribution in [0.2, 0.25) is 0 Å². The Morgan fingerprint density at radius 3 is 2.58 bits per heavy atom. The first kappa shape index (κ1) is 21.2. The monoisotopic (exact) mass is 419 g/mol. The highest BCUT2D eigenvalue weighted by atomic mass is 16.5. The van der Waals surface area contributed by atoms with Gasteiger partial charge < -0.3 is 10.1 Å². The maximum atomic E-state index is 13.4. The Morgan fingerprint density at radius 2 is 1.87 bits per heavy atom. The Bertz CT molecular complexity index is 1130. The number of nitrogens with zero attached hydrogens (tertiary/aromatic N) is 2. The van der Waals surface area contributed by atoms with Gasteiger partial charge in [-0.3, -0.25) is 9.59 Å². The Hall–Kier alpha value is -2.99. The van der Waals surface area contributed by atoms with Crippen LogP contribution in [0, 0.1) is 12.8 Å². The molecule has 0 bridgehead atoms. The number of rotatable bonds is 5. The van der Waals surface area contributed by atoms with Crippen molar-refractivity contribution in [1.82, 2.24) is 15.1 Å². The third kappa shape index (κ3) is 4.54. The van der Waals surface area contributed by atoms with Gasteiger partial charge >= 0.3 is 0 Å². The van der Waals surface area contributed by atoms with Crippen LogP contribution in [0.3, 0.4) is 0 Å². The average molecular weight is 420 g/mol. The minimum Gasteiger partial charge on any atom is -0.371 e. The van der Waals surface area contributed by atoms with Crippen molar-refractivity contribution in [2.45, 2.75) is 52.3 Å². The minimum atomic E-state index is -0.277. The largest absolute Gasteiger partial charge is 0.371 e. The van der Waals surface area contributed by atoms with Crippen LogP contribution in [-0.4, -0.2) is 28.3 Å². The molecule has 1 N–H and O–H groups in total. The molecule has 0 aliphatic carbocycles. The van der Waals surface area contributed by atoms with E-state index in [9.17, 15) is 9.59 Å². The van der Waals surface area contributed by atoms with Crippen LogP contribution in [0.15, 0.2) is 53.3 Å². The second-order valence-electron chi connectivity index (χ2n) is 8.70. The van der Waals surface area contributed by atoms with Crippen LogP contribution >= 0.6 is 0 Å². The second kappa shape index (κ2) is 9.02. The number of aromatic nitrogens is 2. The van der Waals surface area contributed by atoms with Gasteiger partial charge in [0.1, 0.15) is 6.10 Å². The average Bonchev–Trinajstić information content (AvgIpc) is 2.76. The Kier molecular flexibility index (Phi) is 6.18. The molecule has 1 saturated heterocycles. The number of amides is 1. The predicted molar refractivity (Wildman–Crippen MR) is 121 cm³/mol. The molecule has 2 aromatic carbocycles. The van der Waals surface area contributed by atoms with Gasteiger partial charge in [0.2, 0.25) is 0 Å². The molecule has 3 aromatic rings. The summed E-state index contributed by atoms with van der Waals surface area (Å²) in [6.45, 7) is 7.23. The van der Waals surface area contributed by atoms with E-state index in [1.54, 1.807) is 12.1 Å². The van der Waals surface area contributed by atoms with Crippen molar-refractivity contribution in [2.24, 2.45) is 5.92 Å². The van der Waals surface area contributed by atoms with Crippen LogP contribution in [0.25, 0.3) is 10.8 Å². The lowest BCUT2D eigenvalue weighted by molar-refractivity contribution is -0.00952. The molecule has 31 heavy (non-hydrogen) atoms. The van der Waals surface area contributed by atoms with Gasteiger partial charge in [0, 0.05) is 18.5 Å². The smallest absolute Gasteiger partial charge is 0.274 e. The summed E-state index contributed by atoms with van der Waals surface area (Å²) < 4.78 is 7.46. The van der Waals surface area contributed by atoms with Crippen molar-refractivity contribution in [3.05, 3.63) is 75.7 Å². The first-order valence-corrected chi connectivity index (χ1v) is 10.9. The molecular weight excluding hydrogens is 390 g/mol. The first-order valence-electron chi connectivity index (χ1n) is 10.9. The highest BCUT2D eigenvalue weighted by Crippen LogP contribution is 2.29. The molecular formula is C25H29N3O3. The second-order valence-corrected chi connectivity index (χ2v) is 8.70. The SMILES string of the molecule is Cc1ccc(C2OCCCC2NC(=O)c2nn(CC(C)C)c(=O)c3ccccc23)cc1. The van der Waals surface area contributed by atoms with E-state index in [-0.39, 0.29) is 35.2 Å². The van der Waals surface area contributed by atoms with Crippen molar-refractivity contribution in [3.8, 4) is 0 Å². The van der Waals surface area contributed by atoms with Gasteiger partial charge in [0.25, 0.3) is 11.5 Å². The molecule has 1 aromatic heterocycles. The molecule has 0 radical (unpaired) electrons. The summed E-state index contributed by atoms with van der Waals surface area (Å²) in [5.74, 6) is -0.0405. The quantitative estimate of drug-likeness (QED) is 0.678. The summed E-state index contributed by atoms with van der Waals surface area (Å²) in [7, 11) is 0. The van der Waals surface area contributed by atoms with Gasteiger partial charge in [0.05, 0.1) is 11.4 Å². The minimum absolute atomic E-state index is 0.157. The lowest BCUT2D eigenvalue weighted by Gasteiger charge is -2.32. The molecule has 1 aliphatic heterocycles. The normalized spacial score (nSPS) is 19.0. The van der Waals surface area contributed by atoms with Gasteiger partial charge in [-0.25, -0.2) is 4.68 Å². The van der Waals surface area contributed by atoms with E-state index in [1.165, 1.54) is 10.2 Å². The topological polar surface area (TPSA) is 73.2 Å². The van der Waals surface area contributed by atoms with Gasteiger partial charge in [-0.05, 0) is 37.3 Å². The molecule has 2 unspecified atom stereocenters. The van der Waals surface area contributed by atoms with Crippen molar-refractivity contribution in [2.75, 3.05) is 6.61 Å². The molecule has 2 heterocycles. The van der Waals surface area contributed by atoms with Crippen molar-refractivity contribution in [1.29, 1.82) is 0 Å². The Labute approximate surface area is 182 Å². The molecule has 1 amide bonds. The predicted octanol–water partition coefficient (Wildman–Crippen LogP) is 4.01. The highest BCUT2D eigenvalue weighted by Gasteiger charge is 2.30. The number of carbonyl (C=O) groups excluding carboxylic acids is 1. The van der Waals surface area contributed by atoms with Crippen molar-refractivity contribution >= 4 is 16.7 Å². The number of ether oxygens (including phenoxy) is 1. The third-order valence-corrected chi connectivity index (χ3v) is 5.67. The van der Waals surface area contributed by atoms with Gasteiger partial charge in [0.15, 0.2) is 5.69 Å². The van der Waals surface area contributed by atoms with E-state index in [1.807, 2.05) is 32.9 Å². The summed E-state index contributed by atoms with van der Waals surface area (Å²) >= 11 is 0. The molecule has 2 atom stereocenters. The zero-order chi connectivity index (χ0) is 22.0. The molecule has 0 spiro atoms. The fourth-order valence-corrected chi connectivity index (χ4v) is 4.12. The van der Waals surface area contributed by atoms with Gasteiger partial charge in [-0.15, -0.1) is 0 Å². The van der Waals surface area contributed by atoms with E-state index < -0.39 is 0 Å². The maximum Gasteiger partial charge on any atom is 0.274 e. The van der Waals surface area contributed by atoms with E-state index in [0.717, 1.165) is 18.4 Å². The molecule has 1 aliphatic rings. The summed E-state index contributed by atoms with van der Waals surface area (Å²) in [6, 6.07) is 15.3. The number of aryl methyl sites for hydroxylation is 1. The number of nitrogens with one attached hydrogen (secondary N) is 1. The maximum absolute atomic E-state index is 13.4. The van der Waals surface area contributed by atoms with E-state index in [0.29, 0.717) is 23.9 Å². The van der Waals surface area contributed by atoms with Crippen LogP contribution in [-0.2, 0) is 11.3 Å². The summed E-state index contributed by atoms with van der Waals surface area (Å²) in [5, 5.41) is 8.71. The number of fused-ring (bicyclic) bond motifs is 1. The summed E-state index contributed by atoms with van der Waals surface area (Å²) in [5.41, 5.74) is 2.35.